The molecule has 0 bridgehead atoms. The highest BCUT2D eigenvalue weighted by Crippen LogP contribution is 2.21. The summed E-state index contributed by atoms with van der Waals surface area (Å²) in [7, 11) is 1.98. The van der Waals surface area contributed by atoms with Gasteiger partial charge in [0, 0.05) is 25.3 Å². The fourth-order valence-corrected chi connectivity index (χ4v) is 1.41. The number of rotatable bonds is 3. The summed E-state index contributed by atoms with van der Waals surface area (Å²) in [5, 5.41) is 3.19. The fraction of sp³-hybridized carbons (Fsp3) is 0.615. The van der Waals surface area contributed by atoms with Gasteiger partial charge in [-0.3, -0.25) is 4.98 Å². The predicted octanol–water partition coefficient (Wildman–Crippen LogP) is 3.16. The van der Waals surface area contributed by atoms with Gasteiger partial charge >= 0.3 is 0 Å². The third-order valence-corrected chi connectivity index (χ3v) is 2.31. The van der Waals surface area contributed by atoms with Crippen LogP contribution in [0.1, 0.15) is 40.4 Å². The van der Waals surface area contributed by atoms with Crippen LogP contribution in [-0.2, 0) is 5.41 Å². The Morgan fingerprint density at radius 1 is 1.33 bits per heavy atom. The third-order valence-electron chi connectivity index (χ3n) is 2.31. The van der Waals surface area contributed by atoms with Crippen LogP contribution in [0, 0.1) is 6.92 Å². The summed E-state index contributed by atoms with van der Waals surface area (Å²) in [5.41, 5.74) is 2.52. The van der Waals surface area contributed by atoms with E-state index in [0.717, 1.165) is 12.2 Å². The number of nitrogens with one attached hydrogen (secondary N) is 1. The number of likely N-dealkylation sites (N-methyl/N-ethyl adjacent to an activating group) is 1. The smallest absolute Gasteiger partial charge is 0.0372 e. The molecule has 0 aliphatic rings. The normalized spacial score (nSPS) is 10.5. The Morgan fingerprint density at radius 3 is 2.33 bits per heavy atom. The van der Waals surface area contributed by atoms with Crippen molar-refractivity contribution in [3.63, 3.8) is 0 Å². The molecule has 0 saturated heterocycles. The van der Waals surface area contributed by atoms with Gasteiger partial charge in [-0.2, -0.15) is 0 Å². The molecular weight excluding hydrogens is 184 g/mol. The van der Waals surface area contributed by atoms with Gasteiger partial charge in [-0.25, -0.2) is 0 Å². The van der Waals surface area contributed by atoms with Crippen molar-refractivity contribution in [2.45, 2.75) is 40.0 Å². The number of hydrogen-bond acceptors (Lipinski definition) is 2. The molecule has 2 nitrogen and oxygen atoms in total. The molecule has 0 amide bonds. The van der Waals surface area contributed by atoms with Crippen molar-refractivity contribution in [2.24, 2.45) is 0 Å². The molecule has 0 atom stereocenters. The maximum atomic E-state index is 4.30. The van der Waals surface area contributed by atoms with E-state index in [1.807, 2.05) is 34.0 Å². The average Bonchev–Trinajstić information content (AvgIpc) is 2.21. The lowest BCUT2D eigenvalue weighted by Gasteiger charge is -2.24. The summed E-state index contributed by atoms with van der Waals surface area (Å²) in [6.45, 7) is 11.4. The highest BCUT2D eigenvalue weighted by molar-refractivity contribution is 5.22. The Hall–Kier alpha value is -0.890. The monoisotopic (exact) mass is 210 g/mol. The lowest BCUT2D eigenvalue weighted by molar-refractivity contribution is 0.492. The summed E-state index contributed by atoms with van der Waals surface area (Å²) in [6.07, 6.45) is 1.96. The van der Waals surface area contributed by atoms with Crippen LogP contribution in [0.5, 0.6) is 0 Å². The molecule has 1 rings (SSSR count). The summed E-state index contributed by atoms with van der Waals surface area (Å²) in [4.78, 5) is 4.30. The summed E-state index contributed by atoms with van der Waals surface area (Å²) in [6, 6.07) is 4.21. The molecule has 0 unspecified atom stereocenters. The number of nitrogens with zero attached hydrogens (tertiary/aromatic N) is 1. The molecule has 1 heterocycles. The van der Waals surface area contributed by atoms with E-state index in [2.05, 4.69) is 36.3 Å². The van der Waals surface area contributed by atoms with Crippen LogP contribution in [-0.4, -0.2) is 18.6 Å². The average molecular weight is 210 g/mol. The number of pyridine rings is 1. The highest BCUT2D eigenvalue weighted by Gasteiger charge is 2.19. The Kier molecular flexibility index (Phi) is 6.18. The first-order valence-corrected chi connectivity index (χ1v) is 5.64. The van der Waals surface area contributed by atoms with Crippen LogP contribution < -0.4 is 5.32 Å². The molecule has 0 aliphatic heterocycles. The number of aryl methyl sites for hydroxylation is 1. The lowest BCUT2D eigenvalue weighted by Crippen LogP contribution is -2.30. The molecule has 0 aliphatic carbocycles. The van der Waals surface area contributed by atoms with Crippen molar-refractivity contribution in [1.82, 2.24) is 10.3 Å². The van der Waals surface area contributed by atoms with E-state index < -0.39 is 0 Å². The standard InChI is InChI=1S/C11H18N2.C2H6.H2/c1-9-5-6-10(7-13-9)11(2,3)8-12-4;1-2;/h5-7,12H,8H2,1-4H3;1-2H3;1H. The molecule has 0 fully saturated rings. The highest BCUT2D eigenvalue weighted by atomic mass is 14.8. The van der Waals surface area contributed by atoms with Gasteiger partial charge in [0.15, 0.2) is 0 Å². The first kappa shape index (κ1) is 14.1. The van der Waals surface area contributed by atoms with Gasteiger partial charge in [-0.05, 0) is 25.6 Å². The van der Waals surface area contributed by atoms with Crippen molar-refractivity contribution < 1.29 is 1.43 Å². The summed E-state index contributed by atoms with van der Waals surface area (Å²) < 4.78 is 0. The maximum absolute atomic E-state index is 4.30. The molecule has 1 aromatic rings. The summed E-state index contributed by atoms with van der Waals surface area (Å²) >= 11 is 0. The van der Waals surface area contributed by atoms with Crippen LogP contribution in [0.3, 0.4) is 0 Å². The first-order chi connectivity index (χ1) is 7.06. The van der Waals surface area contributed by atoms with Gasteiger partial charge in [0.05, 0.1) is 0 Å². The quantitative estimate of drug-likeness (QED) is 0.829. The maximum Gasteiger partial charge on any atom is 0.0372 e. The molecule has 1 N–H and O–H groups in total. The van der Waals surface area contributed by atoms with Crippen LogP contribution in [0.25, 0.3) is 0 Å². The van der Waals surface area contributed by atoms with Crippen molar-refractivity contribution in [1.29, 1.82) is 0 Å². The molecule has 1 aromatic heterocycles. The zero-order valence-corrected chi connectivity index (χ0v) is 10.9. The first-order valence-electron chi connectivity index (χ1n) is 5.64. The van der Waals surface area contributed by atoms with Gasteiger partial charge in [-0.1, -0.05) is 33.8 Å². The largest absolute Gasteiger partial charge is 0.319 e. The van der Waals surface area contributed by atoms with Crippen molar-refractivity contribution >= 4 is 0 Å². The molecule has 88 valence electrons. The second-order valence-electron chi connectivity index (χ2n) is 4.10. The van der Waals surface area contributed by atoms with Crippen LogP contribution >= 0.6 is 0 Å². The van der Waals surface area contributed by atoms with Crippen LogP contribution in [0.15, 0.2) is 18.3 Å². The Morgan fingerprint density at radius 2 is 1.93 bits per heavy atom. The number of aromatic nitrogens is 1. The molecular formula is C13H26N2. The molecule has 0 radical (unpaired) electrons. The second-order valence-corrected chi connectivity index (χ2v) is 4.10. The molecule has 15 heavy (non-hydrogen) atoms. The second kappa shape index (κ2) is 6.57. The molecule has 2 heteroatoms. The minimum atomic E-state index is 0. The van der Waals surface area contributed by atoms with E-state index >= 15 is 0 Å². The van der Waals surface area contributed by atoms with E-state index in [4.69, 9.17) is 0 Å². The van der Waals surface area contributed by atoms with Gasteiger partial charge in [0.2, 0.25) is 0 Å². The molecule has 0 saturated carbocycles. The van der Waals surface area contributed by atoms with Crippen molar-refractivity contribution in [2.75, 3.05) is 13.6 Å². The zero-order chi connectivity index (χ0) is 11.9. The third kappa shape index (κ3) is 4.43. The lowest BCUT2D eigenvalue weighted by atomic mass is 9.85. The van der Waals surface area contributed by atoms with Gasteiger partial charge in [0.25, 0.3) is 0 Å². The Bertz CT molecular complexity index is 268. The van der Waals surface area contributed by atoms with Gasteiger partial charge in [-0.15, -0.1) is 0 Å². The molecule has 0 spiro atoms. The number of hydrogen-bond donors (Lipinski definition) is 1. The van der Waals surface area contributed by atoms with E-state index in [1.165, 1.54) is 5.56 Å². The topological polar surface area (TPSA) is 24.9 Å². The van der Waals surface area contributed by atoms with E-state index in [9.17, 15) is 0 Å². The minimum absolute atomic E-state index is 0. The van der Waals surface area contributed by atoms with Crippen molar-refractivity contribution in [3.8, 4) is 0 Å². The van der Waals surface area contributed by atoms with E-state index in [0.29, 0.717) is 0 Å². The fourth-order valence-electron chi connectivity index (χ4n) is 1.41. The minimum Gasteiger partial charge on any atom is -0.319 e. The molecule has 0 aromatic carbocycles. The zero-order valence-electron chi connectivity index (χ0n) is 10.9. The van der Waals surface area contributed by atoms with Crippen LogP contribution in [0.4, 0.5) is 0 Å². The Balaban J connectivity index is 0. The SMILES string of the molecule is CC.CNCC(C)(C)c1ccc(C)nc1.[HH]. The van der Waals surface area contributed by atoms with Crippen molar-refractivity contribution in [3.05, 3.63) is 29.6 Å². The van der Waals surface area contributed by atoms with E-state index in [1.54, 1.807) is 0 Å². The predicted molar refractivity (Wildman–Crippen MR) is 69.4 cm³/mol. The van der Waals surface area contributed by atoms with Gasteiger partial charge < -0.3 is 5.32 Å². The van der Waals surface area contributed by atoms with Gasteiger partial charge in [0.1, 0.15) is 0 Å². The van der Waals surface area contributed by atoms with E-state index in [-0.39, 0.29) is 6.84 Å². The van der Waals surface area contributed by atoms with Crippen LogP contribution in [0.2, 0.25) is 0 Å². The summed E-state index contributed by atoms with van der Waals surface area (Å²) in [5.74, 6) is 0. The Labute approximate surface area is 95.6 Å².